The SMILES string of the molecule is O=C(Nc1c(F)c(F)c(Br)c(F)c1F)c1ccc(COc2cc(Cl)ccc2Cl)o1. The highest BCUT2D eigenvalue weighted by molar-refractivity contribution is 9.10. The van der Waals surface area contributed by atoms with Gasteiger partial charge in [0.05, 0.1) is 9.50 Å². The van der Waals surface area contributed by atoms with Crippen LogP contribution in [0.25, 0.3) is 0 Å². The standard InChI is InChI=1S/C18H8BrCl2F4NO3/c19-12-13(22)15(24)17(16(25)14(12)23)26-18(27)10-4-2-8(29-10)6-28-11-5-7(20)1-3-9(11)21/h1-5H,6H2,(H,26,27). The summed E-state index contributed by atoms with van der Waals surface area (Å²) >= 11 is 14.2. The smallest absolute Gasteiger partial charge is 0.291 e. The Morgan fingerprint density at radius 1 is 1.03 bits per heavy atom. The summed E-state index contributed by atoms with van der Waals surface area (Å²) in [4.78, 5) is 12.1. The molecule has 0 unspecified atom stereocenters. The van der Waals surface area contributed by atoms with Gasteiger partial charge in [0.25, 0.3) is 5.91 Å². The lowest BCUT2D eigenvalue weighted by molar-refractivity contribution is 0.0991. The van der Waals surface area contributed by atoms with E-state index in [9.17, 15) is 22.4 Å². The molecule has 0 aliphatic carbocycles. The van der Waals surface area contributed by atoms with Crippen molar-refractivity contribution in [2.24, 2.45) is 0 Å². The van der Waals surface area contributed by atoms with Crippen LogP contribution in [0.2, 0.25) is 10.0 Å². The number of rotatable bonds is 5. The van der Waals surface area contributed by atoms with Gasteiger partial charge in [0.15, 0.2) is 29.0 Å². The van der Waals surface area contributed by atoms with Crippen LogP contribution in [-0.2, 0) is 6.61 Å². The zero-order valence-electron chi connectivity index (χ0n) is 14.0. The Hall–Kier alpha value is -2.23. The van der Waals surface area contributed by atoms with Crippen LogP contribution in [0.3, 0.4) is 0 Å². The number of halogens is 7. The van der Waals surface area contributed by atoms with Crippen molar-refractivity contribution in [1.82, 2.24) is 0 Å². The van der Waals surface area contributed by atoms with Crippen molar-refractivity contribution in [3.63, 3.8) is 0 Å². The molecule has 1 aromatic heterocycles. The maximum absolute atomic E-state index is 13.9. The molecule has 0 fully saturated rings. The van der Waals surface area contributed by atoms with E-state index < -0.39 is 39.3 Å². The second kappa shape index (κ2) is 8.64. The van der Waals surface area contributed by atoms with E-state index in [1.165, 1.54) is 24.3 Å². The molecule has 0 saturated carbocycles. The molecule has 4 nitrogen and oxygen atoms in total. The number of carbonyl (C=O) groups excluding carboxylic acids is 1. The second-order valence-electron chi connectivity index (χ2n) is 5.53. The van der Waals surface area contributed by atoms with Crippen molar-refractivity contribution in [2.75, 3.05) is 5.32 Å². The fourth-order valence-corrected chi connectivity index (χ4v) is 2.89. The van der Waals surface area contributed by atoms with E-state index in [0.717, 1.165) is 0 Å². The van der Waals surface area contributed by atoms with Gasteiger partial charge < -0.3 is 14.5 Å². The Balaban J connectivity index is 1.74. The van der Waals surface area contributed by atoms with Crippen LogP contribution < -0.4 is 10.1 Å². The third kappa shape index (κ3) is 4.52. The first-order valence-corrected chi connectivity index (χ1v) is 9.23. The van der Waals surface area contributed by atoms with Crippen molar-refractivity contribution < 1.29 is 31.5 Å². The lowest BCUT2D eigenvalue weighted by atomic mass is 10.2. The predicted octanol–water partition coefficient (Wildman–Crippen LogP) is 6.74. The van der Waals surface area contributed by atoms with Crippen LogP contribution in [0.4, 0.5) is 23.2 Å². The molecule has 152 valence electrons. The van der Waals surface area contributed by atoms with Crippen molar-refractivity contribution in [3.05, 3.63) is 79.6 Å². The average Bonchev–Trinajstić information content (AvgIpc) is 3.18. The minimum atomic E-state index is -1.77. The van der Waals surface area contributed by atoms with Crippen LogP contribution in [0, 0.1) is 23.3 Å². The number of amides is 1. The Morgan fingerprint density at radius 3 is 2.34 bits per heavy atom. The molecule has 0 saturated heterocycles. The van der Waals surface area contributed by atoms with Crippen LogP contribution in [0.5, 0.6) is 5.75 Å². The first kappa shape index (κ1) is 21.5. The van der Waals surface area contributed by atoms with Gasteiger partial charge >= 0.3 is 0 Å². The quantitative estimate of drug-likeness (QED) is 0.234. The molecule has 29 heavy (non-hydrogen) atoms. The van der Waals surface area contributed by atoms with Gasteiger partial charge in [0, 0.05) is 11.1 Å². The molecule has 2 aromatic carbocycles. The summed E-state index contributed by atoms with van der Waals surface area (Å²) in [7, 11) is 0. The first-order chi connectivity index (χ1) is 13.7. The number of hydrogen-bond acceptors (Lipinski definition) is 3. The molecule has 3 rings (SSSR count). The summed E-state index contributed by atoms with van der Waals surface area (Å²) in [6.45, 7) is -0.141. The van der Waals surface area contributed by atoms with Gasteiger partial charge in [-0.15, -0.1) is 0 Å². The summed E-state index contributed by atoms with van der Waals surface area (Å²) in [5, 5.41) is 2.43. The summed E-state index contributed by atoms with van der Waals surface area (Å²) < 4.78 is 64.5. The first-order valence-electron chi connectivity index (χ1n) is 7.68. The van der Waals surface area contributed by atoms with Gasteiger partial charge in [-0.1, -0.05) is 23.2 Å². The van der Waals surface area contributed by atoms with E-state index in [1.807, 2.05) is 0 Å². The molecule has 0 bridgehead atoms. The predicted molar refractivity (Wildman–Crippen MR) is 101 cm³/mol. The van der Waals surface area contributed by atoms with E-state index in [0.29, 0.717) is 10.0 Å². The lowest BCUT2D eigenvalue weighted by Crippen LogP contribution is -2.15. The summed E-state index contributed by atoms with van der Waals surface area (Å²) in [5.74, 6) is -7.98. The van der Waals surface area contributed by atoms with Crippen LogP contribution in [-0.4, -0.2) is 5.91 Å². The lowest BCUT2D eigenvalue weighted by Gasteiger charge is -2.09. The maximum atomic E-state index is 13.9. The number of carbonyl (C=O) groups is 1. The maximum Gasteiger partial charge on any atom is 0.291 e. The van der Waals surface area contributed by atoms with Crippen LogP contribution in [0.1, 0.15) is 16.3 Å². The molecule has 1 N–H and O–H groups in total. The number of hydrogen-bond donors (Lipinski definition) is 1. The monoisotopic (exact) mass is 511 g/mol. The van der Waals surface area contributed by atoms with Gasteiger partial charge in [-0.2, -0.15) is 0 Å². The Morgan fingerprint density at radius 2 is 1.69 bits per heavy atom. The van der Waals surface area contributed by atoms with Crippen molar-refractivity contribution in [3.8, 4) is 5.75 Å². The number of ether oxygens (including phenoxy) is 1. The van der Waals surface area contributed by atoms with Crippen molar-refractivity contribution >= 4 is 50.7 Å². The second-order valence-corrected chi connectivity index (χ2v) is 7.17. The highest BCUT2D eigenvalue weighted by Crippen LogP contribution is 2.32. The highest BCUT2D eigenvalue weighted by atomic mass is 79.9. The van der Waals surface area contributed by atoms with Crippen molar-refractivity contribution in [2.45, 2.75) is 6.61 Å². The molecule has 0 aliphatic heterocycles. The van der Waals surface area contributed by atoms with Gasteiger partial charge in [-0.25, -0.2) is 17.6 Å². The zero-order valence-corrected chi connectivity index (χ0v) is 17.1. The molecule has 1 heterocycles. The van der Waals surface area contributed by atoms with E-state index in [1.54, 1.807) is 11.4 Å². The molecule has 0 aliphatic rings. The third-order valence-electron chi connectivity index (χ3n) is 3.60. The Labute approximate surface area is 179 Å². The summed E-state index contributed by atoms with van der Waals surface area (Å²) in [6.07, 6.45) is 0. The topological polar surface area (TPSA) is 51.5 Å². The minimum Gasteiger partial charge on any atom is -0.484 e. The van der Waals surface area contributed by atoms with E-state index in [4.69, 9.17) is 32.4 Å². The van der Waals surface area contributed by atoms with Gasteiger partial charge in [-0.05, 0) is 40.2 Å². The van der Waals surface area contributed by atoms with Crippen LogP contribution >= 0.6 is 39.1 Å². The molecular weight excluding hydrogens is 505 g/mol. The Bertz CT molecular complexity index is 1080. The number of benzene rings is 2. The summed E-state index contributed by atoms with van der Waals surface area (Å²) in [6, 6.07) is 7.12. The fraction of sp³-hybridized carbons (Fsp3) is 0.0556. The average molecular weight is 513 g/mol. The number of furan rings is 1. The normalized spacial score (nSPS) is 10.9. The molecule has 0 radical (unpaired) electrons. The van der Waals surface area contributed by atoms with E-state index >= 15 is 0 Å². The van der Waals surface area contributed by atoms with Crippen LogP contribution in [0.15, 0.2) is 39.2 Å². The molecule has 11 heteroatoms. The number of nitrogens with one attached hydrogen (secondary N) is 1. The third-order valence-corrected chi connectivity index (χ3v) is 4.84. The molecule has 1 amide bonds. The zero-order chi connectivity index (χ0) is 21.3. The van der Waals surface area contributed by atoms with E-state index in [2.05, 4.69) is 15.9 Å². The van der Waals surface area contributed by atoms with Crippen molar-refractivity contribution in [1.29, 1.82) is 0 Å². The van der Waals surface area contributed by atoms with Gasteiger partial charge in [-0.3, -0.25) is 4.79 Å². The number of anilines is 1. The Kier molecular flexibility index (Phi) is 6.40. The van der Waals surface area contributed by atoms with E-state index in [-0.39, 0.29) is 23.9 Å². The van der Waals surface area contributed by atoms with Gasteiger partial charge in [0.2, 0.25) is 0 Å². The molecular formula is C18H8BrCl2F4NO3. The molecule has 0 spiro atoms. The summed E-state index contributed by atoms with van der Waals surface area (Å²) in [5.41, 5.74) is -1.28. The molecule has 0 atom stereocenters. The minimum absolute atomic E-state index is 0.141. The molecule has 3 aromatic rings. The fourth-order valence-electron chi connectivity index (χ4n) is 2.20. The highest BCUT2D eigenvalue weighted by Gasteiger charge is 2.26. The largest absolute Gasteiger partial charge is 0.484 e. The van der Waals surface area contributed by atoms with Gasteiger partial charge in [0.1, 0.15) is 23.8 Å².